The van der Waals surface area contributed by atoms with Gasteiger partial charge in [-0.25, -0.2) is 9.59 Å². The van der Waals surface area contributed by atoms with E-state index in [1.165, 1.54) is 7.05 Å². The Bertz CT molecular complexity index is 692. The Morgan fingerprint density at radius 2 is 1.77 bits per heavy atom. The van der Waals surface area contributed by atoms with Crippen LogP contribution in [0.4, 0.5) is 21.0 Å². The molecule has 0 fully saturated rings. The van der Waals surface area contributed by atoms with Crippen molar-refractivity contribution in [3.8, 4) is 0 Å². The fourth-order valence-corrected chi connectivity index (χ4v) is 2.58. The zero-order valence-corrected chi connectivity index (χ0v) is 18.3. The lowest BCUT2D eigenvalue weighted by atomic mass is 9.98. The lowest BCUT2D eigenvalue weighted by Gasteiger charge is -2.33. The molecule has 4 N–H and O–H groups in total. The minimum atomic E-state index is -0.899. The third-order valence-corrected chi connectivity index (χ3v) is 4.84. The summed E-state index contributed by atoms with van der Waals surface area (Å²) >= 11 is 0. The number of hydrogen-bond acceptors (Lipinski definition) is 7. The third kappa shape index (κ3) is 8.69. The third-order valence-electron chi connectivity index (χ3n) is 4.84. The number of amides is 2. The number of carbonyl (C=O) groups is 3. The molecule has 2 amide bonds. The number of hydrogen-bond donors (Lipinski definition) is 3. The normalized spacial score (nSPS) is 14.2. The second kappa shape index (κ2) is 12.0. The van der Waals surface area contributed by atoms with Gasteiger partial charge in [0.05, 0.1) is 5.60 Å². The zero-order chi connectivity index (χ0) is 22.7. The molecule has 0 heterocycles. The monoisotopic (exact) mass is 423 g/mol. The second-order valence-corrected chi connectivity index (χ2v) is 7.62. The summed E-state index contributed by atoms with van der Waals surface area (Å²) in [5.41, 5.74) is 5.83. The average Bonchev–Trinajstić information content (AvgIpc) is 2.69. The number of nitrogens with two attached hydrogens (primary N) is 1. The Labute approximate surface area is 177 Å². The van der Waals surface area contributed by atoms with Crippen molar-refractivity contribution in [2.24, 2.45) is 5.92 Å². The molecule has 0 unspecified atom stereocenters. The van der Waals surface area contributed by atoms with Gasteiger partial charge in [-0.3, -0.25) is 5.32 Å². The van der Waals surface area contributed by atoms with Gasteiger partial charge in [0.25, 0.3) is 0 Å². The molecule has 9 heteroatoms. The highest BCUT2D eigenvalue weighted by atomic mass is 16.6. The molecule has 3 atom stereocenters. The first-order valence-electron chi connectivity index (χ1n) is 9.88. The molecule has 0 bridgehead atoms. The van der Waals surface area contributed by atoms with Gasteiger partial charge < -0.3 is 30.1 Å². The van der Waals surface area contributed by atoms with Gasteiger partial charge in [-0.1, -0.05) is 6.92 Å². The van der Waals surface area contributed by atoms with Crippen LogP contribution in [0, 0.1) is 5.92 Å². The van der Waals surface area contributed by atoms with Gasteiger partial charge in [-0.15, -0.1) is 0 Å². The molecule has 30 heavy (non-hydrogen) atoms. The minimum absolute atomic E-state index is 0.00606. The van der Waals surface area contributed by atoms with Crippen LogP contribution in [0.5, 0.6) is 0 Å². The van der Waals surface area contributed by atoms with Gasteiger partial charge in [0.1, 0.15) is 18.5 Å². The molecular weight excluding hydrogens is 390 g/mol. The van der Waals surface area contributed by atoms with Crippen molar-refractivity contribution in [1.29, 1.82) is 0 Å². The van der Waals surface area contributed by atoms with Gasteiger partial charge in [0.2, 0.25) is 0 Å². The van der Waals surface area contributed by atoms with E-state index >= 15 is 0 Å². The van der Waals surface area contributed by atoms with E-state index in [1.54, 1.807) is 38.1 Å². The number of alkyl carbamates (subject to hydrolysis) is 1. The summed E-state index contributed by atoms with van der Waals surface area (Å²) in [6, 6.07) is 6.61. The first kappa shape index (κ1) is 25.2. The van der Waals surface area contributed by atoms with Crippen LogP contribution in [0.3, 0.4) is 0 Å². The fraction of sp³-hybridized carbons (Fsp3) is 0.571. The highest BCUT2D eigenvalue weighted by molar-refractivity contribution is 5.85. The summed E-state index contributed by atoms with van der Waals surface area (Å²) in [5.74, 6) is 0.0531. The first-order chi connectivity index (χ1) is 14.1. The predicted octanol–water partition coefficient (Wildman–Crippen LogP) is 3.34. The Balaban J connectivity index is 2.59. The lowest BCUT2D eigenvalue weighted by molar-refractivity contribution is -0.124. The summed E-state index contributed by atoms with van der Waals surface area (Å²) in [7, 11) is 1.50. The Morgan fingerprint density at radius 1 is 1.13 bits per heavy atom. The second-order valence-electron chi connectivity index (χ2n) is 7.62. The van der Waals surface area contributed by atoms with E-state index in [0.29, 0.717) is 30.7 Å². The molecule has 0 radical (unpaired) electrons. The van der Waals surface area contributed by atoms with E-state index in [-0.39, 0.29) is 18.4 Å². The molecule has 0 aliphatic carbocycles. The molecule has 0 spiro atoms. The lowest BCUT2D eigenvalue weighted by Crippen LogP contribution is -2.43. The maximum atomic E-state index is 12.2. The van der Waals surface area contributed by atoms with Crippen molar-refractivity contribution in [3.05, 3.63) is 24.3 Å². The summed E-state index contributed by atoms with van der Waals surface area (Å²) in [5, 5.41) is 5.01. The average molecular weight is 424 g/mol. The van der Waals surface area contributed by atoms with Crippen LogP contribution in [-0.4, -0.2) is 49.9 Å². The van der Waals surface area contributed by atoms with Crippen LogP contribution in [-0.2, 0) is 19.0 Å². The fourth-order valence-electron chi connectivity index (χ4n) is 2.58. The van der Waals surface area contributed by atoms with E-state index in [0.717, 1.165) is 0 Å². The van der Waals surface area contributed by atoms with Crippen LogP contribution < -0.4 is 16.4 Å². The molecular formula is C21H33N3O6. The number of rotatable bonds is 11. The van der Waals surface area contributed by atoms with Crippen molar-refractivity contribution < 1.29 is 28.6 Å². The topological polar surface area (TPSA) is 129 Å². The Hall–Kier alpha value is -2.81. The minimum Gasteiger partial charge on any atom is -0.446 e. The largest absolute Gasteiger partial charge is 0.446 e. The van der Waals surface area contributed by atoms with Crippen molar-refractivity contribution in [1.82, 2.24) is 5.32 Å². The first-order valence-corrected chi connectivity index (χ1v) is 9.88. The highest BCUT2D eigenvalue weighted by Crippen LogP contribution is 2.23. The van der Waals surface area contributed by atoms with Crippen LogP contribution in [0.25, 0.3) is 0 Å². The Morgan fingerprint density at radius 3 is 2.33 bits per heavy atom. The summed E-state index contributed by atoms with van der Waals surface area (Å²) < 4.78 is 16.6. The van der Waals surface area contributed by atoms with E-state index in [1.807, 2.05) is 13.8 Å². The molecule has 1 rings (SSSR count). The van der Waals surface area contributed by atoms with Gasteiger partial charge >= 0.3 is 12.2 Å². The van der Waals surface area contributed by atoms with Gasteiger partial charge in [0, 0.05) is 31.5 Å². The number of anilines is 2. The number of nitrogen functional groups attached to an aromatic ring is 1. The molecule has 0 saturated carbocycles. The summed E-state index contributed by atoms with van der Waals surface area (Å²) in [6.07, 6.45) is -0.941. The molecule has 0 aliphatic heterocycles. The quantitative estimate of drug-likeness (QED) is 0.368. The van der Waals surface area contributed by atoms with Crippen LogP contribution in [0.2, 0.25) is 0 Å². The number of carbonyl (C=O) groups excluding carboxylic acids is 3. The van der Waals surface area contributed by atoms with Gasteiger partial charge in [0.15, 0.2) is 0 Å². The molecule has 0 saturated heterocycles. The van der Waals surface area contributed by atoms with Crippen molar-refractivity contribution >= 4 is 29.8 Å². The molecule has 9 nitrogen and oxygen atoms in total. The van der Waals surface area contributed by atoms with Gasteiger partial charge in [-0.05, 0) is 57.4 Å². The van der Waals surface area contributed by atoms with Gasteiger partial charge in [-0.2, -0.15) is 0 Å². The zero-order valence-electron chi connectivity index (χ0n) is 18.3. The number of nitrogens with one attached hydrogen (secondary N) is 2. The van der Waals surface area contributed by atoms with E-state index in [2.05, 4.69) is 10.6 Å². The Kier molecular flexibility index (Phi) is 10.1. The maximum Gasteiger partial charge on any atom is 0.412 e. The highest BCUT2D eigenvalue weighted by Gasteiger charge is 2.34. The molecule has 168 valence electrons. The number of ether oxygens (including phenoxy) is 3. The van der Waals surface area contributed by atoms with E-state index in [9.17, 15) is 14.4 Å². The molecule has 1 aromatic rings. The maximum absolute atomic E-state index is 12.2. The van der Waals surface area contributed by atoms with E-state index in [4.69, 9.17) is 19.9 Å². The van der Waals surface area contributed by atoms with Crippen LogP contribution in [0.15, 0.2) is 24.3 Å². The number of aldehydes is 1. The summed E-state index contributed by atoms with van der Waals surface area (Å²) in [4.78, 5) is 34.7. The van der Waals surface area contributed by atoms with E-state index < -0.39 is 23.9 Å². The molecule has 0 aliphatic rings. The SMILES string of the molecule is CNC(=O)O[C@@H](C)[C@@H](C)CCOC(C)(C)[C@H](CC=O)OC(=O)Nc1ccc(N)cc1. The smallest absolute Gasteiger partial charge is 0.412 e. The summed E-state index contributed by atoms with van der Waals surface area (Å²) in [6.45, 7) is 7.61. The standard InChI is InChI=1S/C21H33N3O6/c1-14(15(2)29-19(26)23-5)11-13-28-21(3,4)18(10-12-25)30-20(27)24-17-8-6-16(22)7-9-17/h6-9,12,14-15,18H,10-11,13,22H2,1-5H3,(H,23,26)(H,24,27)/t14-,15-,18-/m0/s1. The van der Waals surface area contributed by atoms with Crippen LogP contribution >= 0.6 is 0 Å². The molecule has 1 aromatic carbocycles. The van der Waals surface area contributed by atoms with Crippen molar-refractivity contribution in [2.45, 2.75) is 58.3 Å². The predicted molar refractivity (Wildman–Crippen MR) is 114 cm³/mol. The number of benzene rings is 1. The van der Waals surface area contributed by atoms with Crippen molar-refractivity contribution in [2.75, 3.05) is 24.7 Å². The van der Waals surface area contributed by atoms with Crippen LogP contribution in [0.1, 0.15) is 40.5 Å². The van der Waals surface area contributed by atoms with Crippen molar-refractivity contribution in [3.63, 3.8) is 0 Å². The molecule has 0 aromatic heterocycles.